The molecule has 0 saturated heterocycles. The maximum atomic E-state index is 6.36. The number of nitrogens with zero attached hydrogens (tertiary/aromatic N) is 4. The zero-order valence-electron chi connectivity index (χ0n) is 12.5. The Morgan fingerprint density at radius 3 is 2.76 bits per heavy atom. The number of aryl methyl sites for hydroxylation is 1. The Labute approximate surface area is 129 Å². The first-order valence-electron chi connectivity index (χ1n) is 7.15. The highest BCUT2D eigenvalue weighted by Gasteiger charge is 2.20. The van der Waals surface area contributed by atoms with E-state index in [2.05, 4.69) is 34.0 Å². The van der Waals surface area contributed by atoms with Crippen LogP contribution >= 0.6 is 11.6 Å². The van der Waals surface area contributed by atoms with Gasteiger partial charge in [0.05, 0.1) is 28.8 Å². The number of benzene rings is 1. The van der Waals surface area contributed by atoms with Gasteiger partial charge in [0, 0.05) is 18.9 Å². The third-order valence-electron chi connectivity index (χ3n) is 3.77. The van der Waals surface area contributed by atoms with Crippen molar-refractivity contribution in [3.05, 3.63) is 48.3 Å². The molecule has 0 amide bonds. The van der Waals surface area contributed by atoms with Gasteiger partial charge in [-0.05, 0) is 32.4 Å². The van der Waals surface area contributed by atoms with Crippen LogP contribution in [0, 0.1) is 6.92 Å². The van der Waals surface area contributed by atoms with E-state index in [9.17, 15) is 0 Å². The number of rotatable bonds is 4. The topological polar surface area (TPSA) is 35.6 Å². The van der Waals surface area contributed by atoms with Crippen LogP contribution in [0.15, 0.2) is 36.9 Å². The van der Waals surface area contributed by atoms with Gasteiger partial charge in [0.25, 0.3) is 0 Å². The summed E-state index contributed by atoms with van der Waals surface area (Å²) >= 11 is 6.36. The molecule has 0 aliphatic heterocycles. The minimum absolute atomic E-state index is 0.123. The first kappa shape index (κ1) is 14.1. The number of hydrogen-bond acceptors (Lipinski definition) is 2. The van der Waals surface area contributed by atoms with Crippen molar-refractivity contribution in [1.82, 2.24) is 19.1 Å². The highest BCUT2D eigenvalue weighted by atomic mass is 35.5. The molecule has 0 spiro atoms. The van der Waals surface area contributed by atoms with Crippen molar-refractivity contribution in [2.45, 2.75) is 38.7 Å². The second-order valence-electron chi connectivity index (χ2n) is 5.51. The summed E-state index contributed by atoms with van der Waals surface area (Å²) in [6.07, 6.45) is 5.62. The van der Waals surface area contributed by atoms with E-state index in [0.29, 0.717) is 0 Å². The lowest BCUT2D eigenvalue weighted by atomic mass is 10.2. The van der Waals surface area contributed by atoms with Crippen molar-refractivity contribution in [2.24, 2.45) is 0 Å². The summed E-state index contributed by atoms with van der Waals surface area (Å²) in [6, 6.07) is 6.46. The van der Waals surface area contributed by atoms with Crippen LogP contribution in [-0.2, 0) is 6.54 Å². The van der Waals surface area contributed by atoms with Gasteiger partial charge in [0.1, 0.15) is 5.82 Å². The second kappa shape index (κ2) is 5.53. The number of alkyl halides is 1. The van der Waals surface area contributed by atoms with Crippen LogP contribution in [0.4, 0.5) is 0 Å². The molecule has 110 valence electrons. The zero-order valence-corrected chi connectivity index (χ0v) is 13.2. The van der Waals surface area contributed by atoms with Gasteiger partial charge in [-0.25, -0.2) is 9.97 Å². The van der Waals surface area contributed by atoms with Crippen molar-refractivity contribution < 1.29 is 0 Å². The Kier molecular flexibility index (Phi) is 3.72. The Hall–Kier alpha value is -1.81. The molecule has 4 nitrogen and oxygen atoms in total. The predicted octanol–water partition coefficient (Wildman–Crippen LogP) is 4.10. The summed E-state index contributed by atoms with van der Waals surface area (Å²) < 4.78 is 4.35. The van der Waals surface area contributed by atoms with E-state index in [0.717, 1.165) is 17.9 Å². The molecule has 3 rings (SSSR count). The number of aromatic nitrogens is 4. The van der Waals surface area contributed by atoms with E-state index in [-0.39, 0.29) is 11.4 Å². The molecule has 0 radical (unpaired) electrons. The van der Waals surface area contributed by atoms with Crippen molar-refractivity contribution >= 4 is 22.6 Å². The van der Waals surface area contributed by atoms with Crippen molar-refractivity contribution in [2.75, 3.05) is 0 Å². The highest BCUT2D eigenvalue weighted by molar-refractivity contribution is 6.20. The van der Waals surface area contributed by atoms with Crippen molar-refractivity contribution in [3.63, 3.8) is 0 Å². The molecule has 0 saturated carbocycles. The second-order valence-corrected chi connectivity index (χ2v) is 6.16. The first-order chi connectivity index (χ1) is 10.1. The van der Waals surface area contributed by atoms with E-state index in [1.54, 1.807) is 6.20 Å². The van der Waals surface area contributed by atoms with Gasteiger partial charge in [-0.1, -0.05) is 12.1 Å². The summed E-state index contributed by atoms with van der Waals surface area (Å²) in [5.41, 5.74) is 3.41. The molecule has 0 N–H and O–H groups in total. The summed E-state index contributed by atoms with van der Waals surface area (Å²) in [5, 5.41) is -0.123. The van der Waals surface area contributed by atoms with Crippen LogP contribution in [0.25, 0.3) is 11.0 Å². The maximum absolute atomic E-state index is 6.36. The molecule has 0 bridgehead atoms. The fraction of sp³-hybridized carbons (Fsp3) is 0.375. The van der Waals surface area contributed by atoms with E-state index in [1.807, 2.05) is 31.6 Å². The van der Waals surface area contributed by atoms with Gasteiger partial charge in [-0.2, -0.15) is 0 Å². The van der Waals surface area contributed by atoms with E-state index >= 15 is 0 Å². The lowest BCUT2D eigenvalue weighted by molar-refractivity contribution is 0.459. The Morgan fingerprint density at radius 2 is 2.10 bits per heavy atom. The predicted molar refractivity (Wildman–Crippen MR) is 85.7 cm³/mol. The largest absolute Gasteiger partial charge is 0.335 e. The third-order valence-corrected chi connectivity index (χ3v) is 3.97. The van der Waals surface area contributed by atoms with Crippen LogP contribution in [0.3, 0.4) is 0 Å². The fourth-order valence-electron chi connectivity index (χ4n) is 2.85. The molecule has 2 heterocycles. The van der Waals surface area contributed by atoms with Gasteiger partial charge in [0.2, 0.25) is 0 Å². The quantitative estimate of drug-likeness (QED) is 0.680. The lowest BCUT2D eigenvalue weighted by Crippen LogP contribution is -2.15. The maximum Gasteiger partial charge on any atom is 0.128 e. The molecule has 3 aromatic rings. The van der Waals surface area contributed by atoms with Gasteiger partial charge in [0.15, 0.2) is 0 Å². The fourth-order valence-corrected chi connectivity index (χ4v) is 3.00. The number of halogens is 1. The zero-order chi connectivity index (χ0) is 15.0. The average Bonchev–Trinajstić information content (AvgIpc) is 3.05. The molecule has 0 aliphatic rings. The third kappa shape index (κ3) is 2.56. The number of hydrogen-bond donors (Lipinski definition) is 0. The molecule has 2 unspecified atom stereocenters. The monoisotopic (exact) mass is 302 g/mol. The molecule has 2 aromatic heterocycles. The average molecular weight is 303 g/mol. The Balaban J connectivity index is 2.12. The molecular weight excluding hydrogens is 284 g/mol. The standard InChI is InChI=1S/C16H19ClN4/c1-11-5-4-6-14-15(11)21(16(19-14)13(3)17)12(2)9-20-8-7-18-10-20/h4-8,10,12-13H,9H2,1-3H3. The molecule has 0 fully saturated rings. The van der Waals surface area contributed by atoms with Crippen LogP contribution in [0.5, 0.6) is 0 Å². The minimum atomic E-state index is -0.123. The van der Waals surface area contributed by atoms with Gasteiger partial charge in [-0.3, -0.25) is 0 Å². The van der Waals surface area contributed by atoms with Gasteiger partial charge in [-0.15, -0.1) is 11.6 Å². The smallest absolute Gasteiger partial charge is 0.128 e. The number of imidazole rings is 2. The van der Waals surface area contributed by atoms with E-state index < -0.39 is 0 Å². The normalized spacial score (nSPS) is 14.5. The highest BCUT2D eigenvalue weighted by Crippen LogP contribution is 2.30. The molecule has 5 heteroatoms. The molecule has 1 aromatic carbocycles. The van der Waals surface area contributed by atoms with Crippen molar-refractivity contribution in [1.29, 1.82) is 0 Å². The van der Waals surface area contributed by atoms with Crippen LogP contribution in [0.2, 0.25) is 0 Å². The lowest BCUT2D eigenvalue weighted by Gasteiger charge is -2.20. The molecular formula is C16H19ClN4. The van der Waals surface area contributed by atoms with E-state index in [4.69, 9.17) is 16.6 Å². The summed E-state index contributed by atoms with van der Waals surface area (Å²) in [7, 11) is 0. The Morgan fingerprint density at radius 1 is 1.29 bits per heavy atom. The van der Waals surface area contributed by atoms with Gasteiger partial charge < -0.3 is 9.13 Å². The molecule has 2 atom stereocenters. The van der Waals surface area contributed by atoms with Crippen LogP contribution < -0.4 is 0 Å². The summed E-state index contributed by atoms with van der Waals surface area (Å²) in [6.45, 7) is 7.12. The number of para-hydroxylation sites is 1. The van der Waals surface area contributed by atoms with Crippen LogP contribution in [0.1, 0.15) is 36.7 Å². The summed E-state index contributed by atoms with van der Waals surface area (Å²) in [4.78, 5) is 8.84. The minimum Gasteiger partial charge on any atom is -0.335 e. The first-order valence-corrected chi connectivity index (χ1v) is 7.59. The van der Waals surface area contributed by atoms with E-state index in [1.165, 1.54) is 11.1 Å². The Bertz CT molecular complexity index is 743. The number of fused-ring (bicyclic) bond motifs is 1. The van der Waals surface area contributed by atoms with Crippen molar-refractivity contribution in [3.8, 4) is 0 Å². The summed E-state index contributed by atoms with van der Waals surface area (Å²) in [5.74, 6) is 0.925. The van der Waals surface area contributed by atoms with Gasteiger partial charge >= 0.3 is 0 Å². The van der Waals surface area contributed by atoms with Crippen LogP contribution in [-0.4, -0.2) is 19.1 Å². The molecule has 0 aliphatic carbocycles. The molecule has 21 heavy (non-hydrogen) atoms. The SMILES string of the molecule is Cc1cccc2nc(C(C)Cl)n(C(C)Cn3ccnc3)c12.